The van der Waals surface area contributed by atoms with Crippen LogP contribution in [0.1, 0.15) is 18.9 Å². The van der Waals surface area contributed by atoms with Crippen LogP contribution in [-0.4, -0.2) is 72.4 Å². The van der Waals surface area contributed by atoms with Crippen molar-refractivity contribution in [3.05, 3.63) is 29.8 Å². The standard InChI is InChI=1S/C18H27N3O3/c1-14(22)19-16-5-3-15(4-6-16)11-20-7-2-8-21(10-9-20)17-12-24-13-18(17)23/h3-6,17-18,23H,2,7-13H2,1H3,(H,19,22)/t17-,18-/m1/s1. The van der Waals surface area contributed by atoms with Gasteiger partial charge >= 0.3 is 0 Å². The van der Waals surface area contributed by atoms with Crippen molar-refractivity contribution >= 4 is 11.6 Å². The van der Waals surface area contributed by atoms with Crippen LogP contribution in [0.2, 0.25) is 0 Å². The van der Waals surface area contributed by atoms with Gasteiger partial charge in [0.15, 0.2) is 0 Å². The van der Waals surface area contributed by atoms with Gasteiger partial charge in [0.2, 0.25) is 5.91 Å². The molecule has 0 unspecified atom stereocenters. The first-order valence-electron chi connectivity index (χ1n) is 8.70. The van der Waals surface area contributed by atoms with E-state index in [1.54, 1.807) is 0 Å². The van der Waals surface area contributed by atoms with Gasteiger partial charge in [0.05, 0.1) is 25.4 Å². The average molecular weight is 333 g/mol. The summed E-state index contributed by atoms with van der Waals surface area (Å²) in [6, 6.07) is 8.20. The van der Waals surface area contributed by atoms with E-state index in [-0.39, 0.29) is 18.1 Å². The van der Waals surface area contributed by atoms with Crippen molar-refractivity contribution in [1.29, 1.82) is 0 Å². The minimum atomic E-state index is -0.349. The van der Waals surface area contributed by atoms with Crippen LogP contribution in [0.4, 0.5) is 5.69 Å². The van der Waals surface area contributed by atoms with Gasteiger partial charge in [-0.25, -0.2) is 0 Å². The lowest BCUT2D eigenvalue weighted by Gasteiger charge is -2.28. The molecule has 3 rings (SSSR count). The van der Waals surface area contributed by atoms with Crippen LogP contribution in [-0.2, 0) is 16.1 Å². The summed E-state index contributed by atoms with van der Waals surface area (Å²) in [5.41, 5.74) is 2.09. The van der Waals surface area contributed by atoms with E-state index in [9.17, 15) is 9.90 Å². The van der Waals surface area contributed by atoms with Gasteiger partial charge in [0, 0.05) is 32.2 Å². The van der Waals surface area contributed by atoms with E-state index in [1.807, 2.05) is 12.1 Å². The molecular weight excluding hydrogens is 306 g/mol. The predicted octanol–water partition coefficient (Wildman–Crippen LogP) is 0.912. The smallest absolute Gasteiger partial charge is 0.221 e. The van der Waals surface area contributed by atoms with Crippen molar-refractivity contribution in [2.24, 2.45) is 0 Å². The molecule has 2 heterocycles. The molecule has 0 aliphatic carbocycles. The normalized spacial score (nSPS) is 26.2. The number of amides is 1. The van der Waals surface area contributed by atoms with E-state index in [1.165, 1.54) is 12.5 Å². The fourth-order valence-electron chi connectivity index (χ4n) is 3.52. The zero-order chi connectivity index (χ0) is 16.9. The molecule has 2 saturated heterocycles. The molecule has 2 aliphatic heterocycles. The van der Waals surface area contributed by atoms with E-state index >= 15 is 0 Å². The van der Waals surface area contributed by atoms with Crippen LogP contribution < -0.4 is 5.32 Å². The number of aliphatic hydroxyl groups excluding tert-OH is 1. The van der Waals surface area contributed by atoms with Crippen molar-refractivity contribution in [3.8, 4) is 0 Å². The first-order valence-corrected chi connectivity index (χ1v) is 8.70. The van der Waals surface area contributed by atoms with Crippen LogP contribution in [0.25, 0.3) is 0 Å². The minimum Gasteiger partial charge on any atom is -0.389 e. The van der Waals surface area contributed by atoms with E-state index in [0.717, 1.165) is 44.8 Å². The van der Waals surface area contributed by atoms with E-state index in [0.29, 0.717) is 13.2 Å². The van der Waals surface area contributed by atoms with Gasteiger partial charge in [-0.3, -0.25) is 14.6 Å². The summed E-state index contributed by atoms with van der Waals surface area (Å²) in [6.07, 6.45) is 0.755. The Morgan fingerprint density at radius 1 is 1.21 bits per heavy atom. The number of rotatable bonds is 4. The van der Waals surface area contributed by atoms with Gasteiger partial charge in [-0.2, -0.15) is 0 Å². The van der Waals surface area contributed by atoms with Crippen LogP contribution in [0.5, 0.6) is 0 Å². The highest BCUT2D eigenvalue weighted by Gasteiger charge is 2.32. The molecule has 1 aromatic rings. The van der Waals surface area contributed by atoms with E-state index in [2.05, 4.69) is 27.2 Å². The molecule has 24 heavy (non-hydrogen) atoms. The van der Waals surface area contributed by atoms with Gasteiger partial charge in [0.25, 0.3) is 0 Å². The topological polar surface area (TPSA) is 65.0 Å². The molecule has 6 nitrogen and oxygen atoms in total. The number of hydrogen-bond donors (Lipinski definition) is 2. The molecule has 0 spiro atoms. The summed E-state index contributed by atoms with van der Waals surface area (Å²) in [7, 11) is 0. The molecule has 1 aromatic carbocycles. The zero-order valence-corrected chi connectivity index (χ0v) is 14.3. The predicted molar refractivity (Wildman–Crippen MR) is 92.8 cm³/mol. The number of carbonyl (C=O) groups excluding carboxylic acids is 1. The molecule has 132 valence electrons. The van der Waals surface area contributed by atoms with Crippen molar-refractivity contribution in [1.82, 2.24) is 9.80 Å². The first-order chi connectivity index (χ1) is 11.6. The molecule has 2 atom stereocenters. The molecule has 1 amide bonds. The maximum Gasteiger partial charge on any atom is 0.221 e. The Kier molecular flexibility index (Phi) is 5.84. The maximum atomic E-state index is 11.1. The second-order valence-corrected chi connectivity index (χ2v) is 6.72. The molecule has 2 fully saturated rings. The third-order valence-electron chi connectivity index (χ3n) is 4.79. The molecule has 0 radical (unpaired) electrons. The average Bonchev–Trinajstić information content (AvgIpc) is 2.84. The Hall–Kier alpha value is -1.47. The quantitative estimate of drug-likeness (QED) is 0.858. The summed E-state index contributed by atoms with van der Waals surface area (Å²) < 4.78 is 5.39. The summed E-state index contributed by atoms with van der Waals surface area (Å²) >= 11 is 0. The highest BCUT2D eigenvalue weighted by Crippen LogP contribution is 2.17. The second kappa shape index (κ2) is 8.07. The fourth-order valence-corrected chi connectivity index (χ4v) is 3.52. The van der Waals surface area contributed by atoms with E-state index in [4.69, 9.17) is 4.74 Å². The summed E-state index contributed by atoms with van der Waals surface area (Å²) in [5, 5.41) is 12.8. The summed E-state index contributed by atoms with van der Waals surface area (Å²) in [5.74, 6) is -0.0477. The van der Waals surface area contributed by atoms with Crippen LogP contribution in [0.3, 0.4) is 0 Å². The number of hydrogen-bond acceptors (Lipinski definition) is 5. The second-order valence-electron chi connectivity index (χ2n) is 6.72. The highest BCUT2D eigenvalue weighted by atomic mass is 16.5. The number of nitrogens with zero attached hydrogens (tertiary/aromatic N) is 2. The van der Waals surface area contributed by atoms with Crippen LogP contribution in [0.15, 0.2) is 24.3 Å². The first kappa shape index (κ1) is 17.4. The number of benzene rings is 1. The third kappa shape index (κ3) is 4.54. The van der Waals surface area contributed by atoms with Gasteiger partial charge in [-0.15, -0.1) is 0 Å². The molecule has 0 saturated carbocycles. The number of anilines is 1. The number of aliphatic hydroxyl groups is 1. The monoisotopic (exact) mass is 333 g/mol. The lowest BCUT2D eigenvalue weighted by molar-refractivity contribution is -0.114. The Morgan fingerprint density at radius 2 is 2.00 bits per heavy atom. The minimum absolute atomic E-state index is 0.0477. The number of ether oxygens (including phenoxy) is 1. The lowest BCUT2D eigenvalue weighted by atomic mass is 10.2. The largest absolute Gasteiger partial charge is 0.389 e. The molecule has 2 aliphatic rings. The van der Waals surface area contributed by atoms with Gasteiger partial charge in [0.1, 0.15) is 0 Å². The molecule has 0 aromatic heterocycles. The lowest BCUT2D eigenvalue weighted by Crippen LogP contribution is -2.44. The maximum absolute atomic E-state index is 11.1. The Labute approximate surface area is 143 Å². The number of nitrogens with one attached hydrogen (secondary N) is 1. The number of carbonyl (C=O) groups is 1. The van der Waals surface area contributed by atoms with Crippen molar-refractivity contribution in [2.45, 2.75) is 32.0 Å². The van der Waals surface area contributed by atoms with Crippen molar-refractivity contribution in [3.63, 3.8) is 0 Å². The zero-order valence-electron chi connectivity index (χ0n) is 14.3. The fraction of sp³-hybridized carbons (Fsp3) is 0.611. The molecular formula is C18H27N3O3. The SMILES string of the molecule is CC(=O)Nc1ccc(CN2CCCN([C@@H]3COC[C@H]3O)CC2)cc1. The third-order valence-corrected chi connectivity index (χ3v) is 4.79. The van der Waals surface area contributed by atoms with Gasteiger partial charge in [-0.1, -0.05) is 12.1 Å². The molecule has 0 bridgehead atoms. The Balaban J connectivity index is 1.52. The van der Waals surface area contributed by atoms with Gasteiger partial charge in [-0.05, 0) is 37.2 Å². The molecule has 2 N–H and O–H groups in total. The summed E-state index contributed by atoms with van der Waals surface area (Å²) in [6.45, 7) is 7.58. The van der Waals surface area contributed by atoms with Crippen LogP contribution in [0, 0.1) is 0 Å². The van der Waals surface area contributed by atoms with Gasteiger partial charge < -0.3 is 15.2 Å². The van der Waals surface area contributed by atoms with Crippen molar-refractivity contribution in [2.75, 3.05) is 44.7 Å². The summed E-state index contributed by atoms with van der Waals surface area (Å²) in [4.78, 5) is 15.9. The Morgan fingerprint density at radius 3 is 2.67 bits per heavy atom. The van der Waals surface area contributed by atoms with Crippen molar-refractivity contribution < 1.29 is 14.6 Å². The highest BCUT2D eigenvalue weighted by molar-refractivity contribution is 5.88. The van der Waals surface area contributed by atoms with E-state index < -0.39 is 0 Å². The van der Waals surface area contributed by atoms with Crippen LogP contribution >= 0.6 is 0 Å². The molecule has 6 heteroatoms. The Bertz CT molecular complexity index is 549.